The molecule has 0 atom stereocenters. The third-order valence-corrected chi connectivity index (χ3v) is 4.30. The molecule has 0 unspecified atom stereocenters. The topological polar surface area (TPSA) is 103 Å². The lowest BCUT2D eigenvalue weighted by Gasteiger charge is -2.18. The van der Waals surface area contributed by atoms with Crippen LogP contribution >= 0.6 is 28.1 Å². The van der Waals surface area contributed by atoms with Crippen LogP contribution in [0.4, 0.5) is 11.4 Å². The average Bonchev–Trinajstić information content (AvgIpc) is 2.62. The molecule has 2 aromatic carbocycles. The lowest BCUT2D eigenvalue weighted by Crippen LogP contribution is -2.34. The fourth-order valence-electron chi connectivity index (χ4n) is 2.23. The molecule has 2 N–H and O–H groups in total. The van der Waals surface area contributed by atoms with E-state index in [4.69, 9.17) is 21.7 Å². The van der Waals surface area contributed by atoms with Crippen LogP contribution in [0, 0.1) is 10.1 Å². The number of amides is 1. The SMILES string of the molecule is O=C(NC(=S)Nc1ccc([N+](=O)[O-])cc1Br)c1ccc2c(c1)OCCO2. The molecule has 1 heterocycles. The van der Waals surface area contributed by atoms with Crippen LogP contribution in [-0.4, -0.2) is 29.2 Å². The van der Waals surface area contributed by atoms with Gasteiger partial charge in [0.05, 0.1) is 10.6 Å². The van der Waals surface area contributed by atoms with Crippen molar-refractivity contribution >= 4 is 50.5 Å². The van der Waals surface area contributed by atoms with Crippen LogP contribution in [0.5, 0.6) is 11.5 Å². The van der Waals surface area contributed by atoms with Gasteiger partial charge >= 0.3 is 0 Å². The van der Waals surface area contributed by atoms with E-state index >= 15 is 0 Å². The largest absolute Gasteiger partial charge is 0.486 e. The predicted molar refractivity (Wildman–Crippen MR) is 102 cm³/mol. The van der Waals surface area contributed by atoms with E-state index in [9.17, 15) is 14.9 Å². The number of fused-ring (bicyclic) bond motifs is 1. The molecule has 1 amide bonds. The third-order valence-electron chi connectivity index (χ3n) is 3.44. The van der Waals surface area contributed by atoms with E-state index in [0.29, 0.717) is 40.4 Å². The van der Waals surface area contributed by atoms with Crippen LogP contribution in [0.25, 0.3) is 0 Å². The molecule has 0 spiro atoms. The molecule has 0 aromatic heterocycles. The summed E-state index contributed by atoms with van der Waals surface area (Å²) in [4.78, 5) is 22.6. The minimum absolute atomic E-state index is 0.0550. The van der Waals surface area contributed by atoms with Gasteiger partial charge in [0.2, 0.25) is 0 Å². The van der Waals surface area contributed by atoms with Gasteiger partial charge in [0.1, 0.15) is 13.2 Å². The van der Waals surface area contributed by atoms with Gasteiger partial charge in [-0.1, -0.05) is 0 Å². The Morgan fingerprint density at radius 2 is 1.88 bits per heavy atom. The zero-order valence-corrected chi connectivity index (χ0v) is 15.6. The van der Waals surface area contributed by atoms with Gasteiger partial charge in [-0.2, -0.15) is 0 Å². The Hall–Kier alpha value is -2.72. The maximum Gasteiger partial charge on any atom is 0.270 e. The summed E-state index contributed by atoms with van der Waals surface area (Å²) in [7, 11) is 0. The summed E-state index contributed by atoms with van der Waals surface area (Å²) in [5.74, 6) is 0.668. The molecule has 1 aliphatic heterocycles. The summed E-state index contributed by atoms with van der Waals surface area (Å²) < 4.78 is 11.3. The maximum absolute atomic E-state index is 12.3. The van der Waals surface area contributed by atoms with Crippen molar-refractivity contribution in [2.45, 2.75) is 0 Å². The number of ether oxygens (including phenoxy) is 2. The van der Waals surface area contributed by atoms with Crippen LogP contribution < -0.4 is 20.1 Å². The first-order chi connectivity index (χ1) is 12.4. The van der Waals surface area contributed by atoms with Gasteiger partial charge in [-0.25, -0.2) is 0 Å². The molecule has 8 nitrogen and oxygen atoms in total. The highest BCUT2D eigenvalue weighted by Crippen LogP contribution is 2.31. The number of nitro groups is 1. The highest BCUT2D eigenvalue weighted by Gasteiger charge is 2.16. The highest BCUT2D eigenvalue weighted by atomic mass is 79.9. The van der Waals surface area contributed by atoms with Crippen LogP contribution in [0.15, 0.2) is 40.9 Å². The number of non-ortho nitro benzene ring substituents is 1. The molecular formula is C16H12BrN3O5S. The van der Waals surface area contributed by atoms with Gasteiger partial charge in [-0.05, 0) is 52.4 Å². The fourth-order valence-corrected chi connectivity index (χ4v) is 2.90. The Morgan fingerprint density at radius 3 is 2.58 bits per heavy atom. The van der Waals surface area contributed by atoms with Crippen molar-refractivity contribution in [1.82, 2.24) is 5.32 Å². The second-order valence-corrected chi connectivity index (χ2v) is 6.45. The van der Waals surface area contributed by atoms with E-state index in [1.165, 1.54) is 18.2 Å². The van der Waals surface area contributed by atoms with Crippen molar-refractivity contribution in [2.24, 2.45) is 0 Å². The van der Waals surface area contributed by atoms with E-state index in [-0.39, 0.29) is 10.8 Å². The number of benzene rings is 2. The normalized spacial score (nSPS) is 12.2. The smallest absolute Gasteiger partial charge is 0.270 e. The Morgan fingerprint density at radius 1 is 1.15 bits per heavy atom. The number of rotatable bonds is 3. The Balaban J connectivity index is 1.66. The molecular weight excluding hydrogens is 426 g/mol. The monoisotopic (exact) mass is 437 g/mol. The molecule has 0 aliphatic carbocycles. The van der Waals surface area contributed by atoms with Crippen LogP contribution in [0.1, 0.15) is 10.4 Å². The Bertz CT molecular complexity index is 905. The first-order valence-electron chi connectivity index (χ1n) is 7.40. The van der Waals surface area contributed by atoms with Gasteiger partial charge in [0.25, 0.3) is 11.6 Å². The lowest BCUT2D eigenvalue weighted by atomic mass is 10.2. The third kappa shape index (κ3) is 4.09. The van der Waals surface area contributed by atoms with Crippen molar-refractivity contribution in [3.63, 3.8) is 0 Å². The van der Waals surface area contributed by atoms with Crippen LogP contribution in [0.2, 0.25) is 0 Å². The molecule has 134 valence electrons. The number of nitro benzene ring substituents is 1. The van der Waals surface area contributed by atoms with E-state index in [0.717, 1.165) is 0 Å². The fraction of sp³-hybridized carbons (Fsp3) is 0.125. The first-order valence-corrected chi connectivity index (χ1v) is 8.60. The second-order valence-electron chi connectivity index (χ2n) is 5.19. The number of thiocarbonyl (C=S) groups is 1. The number of halogens is 1. The van der Waals surface area contributed by atoms with Gasteiger partial charge in [-0.3, -0.25) is 20.2 Å². The van der Waals surface area contributed by atoms with E-state index < -0.39 is 10.8 Å². The summed E-state index contributed by atoms with van der Waals surface area (Å²) in [5.41, 5.74) is 0.790. The van der Waals surface area contributed by atoms with Crippen molar-refractivity contribution in [3.8, 4) is 11.5 Å². The summed E-state index contributed by atoms with van der Waals surface area (Å²) in [6.07, 6.45) is 0. The summed E-state index contributed by atoms with van der Waals surface area (Å²) in [6, 6.07) is 9.00. The van der Waals surface area contributed by atoms with Crippen molar-refractivity contribution in [2.75, 3.05) is 18.5 Å². The summed E-state index contributed by atoms with van der Waals surface area (Å²) in [6.45, 7) is 0.892. The van der Waals surface area contributed by atoms with Gasteiger partial charge in [0, 0.05) is 22.2 Å². The average molecular weight is 438 g/mol. The van der Waals surface area contributed by atoms with E-state index in [1.807, 2.05) is 0 Å². The molecule has 2 aromatic rings. The molecule has 10 heteroatoms. The molecule has 0 bridgehead atoms. The van der Waals surface area contributed by atoms with E-state index in [2.05, 4.69) is 26.6 Å². The van der Waals surface area contributed by atoms with Gasteiger partial charge in [0.15, 0.2) is 16.6 Å². The Labute approximate surface area is 161 Å². The molecule has 1 aliphatic rings. The summed E-state index contributed by atoms with van der Waals surface area (Å²) in [5, 5.41) is 16.2. The van der Waals surface area contributed by atoms with Crippen molar-refractivity contribution < 1.29 is 19.2 Å². The molecule has 0 radical (unpaired) electrons. The number of carbonyl (C=O) groups excluding carboxylic acids is 1. The minimum Gasteiger partial charge on any atom is -0.486 e. The van der Waals surface area contributed by atoms with E-state index in [1.54, 1.807) is 18.2 Å². The second kappa shape index (κ2) is 7.67. The number of hydrogen-bond donors (Lipinski definition) is 2. The van der Waals surface area contributed by atoms with Crippen molar-refractivity contribution in [3.05, 3.63) is 56.5 Å². The maximum atomic E-state index is 12.3. The minimum atomic E-state index is -0.503. The predicted octanol–water partition coefficient (Wildman–Crippen LogP) is 3.26. The number of carbonyl (C=O) groups is 1. The lowest BCUT2D eigenvalue weighted by molar-refractivity contribution is -0.384. The first kappa shape index (κ1) is 18.1. The van der Waals surface area contributed by atoms with Gasteiger partial charge < -0.3 is 14.8 Å². The standard InChI is InChI=1S/C16H12BrN3O5S/c17-11-8-10(20(22)23)2-3-12(11)18-16(26)19-15(21)9-1-4-13-14(7-9)25-6-5-24-13/h1-4,7-8H,5-6H2,(H2,18,19,21,26). The van der Waals surface area contributed by atoms with Crippen LogP contribution in [0.3, 0.4) is 0 Å². The molecule has 0 saturated carbocycles. The van der Waals surface area contributed by atoms with Crippen molar-refractivity contribution in [1.29, 1.82) is 0 Å². The summed E-state index contributed by atoms with van der Waals surface area (Å²) >= 11 is 8.35. The molecule has 3 rings (SSSR count). The molecule has 0 saturated heterocycles. The van der Waals surface area contributed by atoms with Crippen LogP contribution in [-0.2, 0) is 0 Å². The zero-order valence-electron chi connectivity index (χ0n) is 13.2. The van der Waals surface area contributed by atoms with Gasteiger partial charge in [-0.15, -0.1) is 0 Å². The number of nitrogens with one attached hydrogen (secondary N) is 2. The number of anilines is 1. The molecule has 26 heavy (non-hydrogen) atoms. The highest BCUT2D eigenvalue weighted by molar-refractivity contribution is 9.10. The Kier molecular flexibility index (Phi) is 5.33. The number of nitrogens with zero attached hydrogens (tertiary/aromatic N) is 1. The molecule has 0 fully saturated rings. The quantitative estimate of drug-likeness (QED) is 0.431. The number of hydrogen-bond acceptors (Lipinski definition) is 6. The zero-order chi connectivity index (χ0) is 18.7.